The highest BCUT2D eigenvalue weighted by atomic mass is 16.6. The number of carbonyl (C=O) groups is 3. The van der Waals surface area contributed by atoms with Crippen LogP contribution < -0.4 is 0 Å². The van der Waals surface area contributed by atoms with E-state index in [1.54, 1.807) is 24.0 Å². The van der Waals surface area contributed by atoms with E-state index in [1.807, 2.05) is 41.3 Å². The molecule has 1 saturated heterocycles. The molecule has 6 heteroatoms. The molecule has 0 saturated carbocycles. The van der Waals surface area contributed by atoms with E-state index in [2.05, 4.69) is 0 Å². The lowest BCUT2D eigenvalue weighted by Gasteiger charge is -2.43. The second-order valence-corrected chi connectivity index (χ2v) is 8.91. The highest BCUT2D eigenvalue weighted by Gasteiger charge is 2.48. The maximum absolute atomic E-state index is 13.8. The van der Waals surface area contributed by atoms with Crippen molar-refractivity contribution >= 4 is 17.8 Å². The molecular weight excluding hydrogens is 392 g/mol. The van der Waals surface area contributed by atoms with Crippen LogP contribution in [0.15, 0.2) is 48.5 Å². The zero-order chi connectivity index (χ0) is 21.6. The molecule has 2 unspecified atom stereocenters. The Bertz CT molecular complexity index is 1060. The number of amides is 2. The number of hydrogen-bond acceptors (Lipinski definition) is 4. The number of fused-ring (bicyclic) bond motifs is 2. The van der Waals surface area contributed by atoms with Crippen LogP contribution in [0, 0.1) is 0 Å². The summed E-state index contributed by atoms with van der Waals surface area (Å²) in [6.07, 6.45) is 2.78. The van der Waals surface area contributed by atoms with Crippen LogP contribution in [-0.4, -0.2) is 52.3 Å². The first-order chi connectivity index (χ1) is 15.0. The molecule has 0 aliphatic carbocycles. The molecule has 3 heterocycles. The Morgan fingerprint density at radius 2 is 1.61 bits per heavy atom. The molecule has 1 fully saturated rings. The lowest BCUT2D eigenvalue weighted by atomic mass is 9.86. The SMILES string of the molecule is CC1(C(=O)N2Cc3ccccc3CC2C(=O)N2CCCC2)Cc2ccccc2C(=O)O1. The van der Waals surface area contributed by atoms with Gasteiger partial charge in [0.1, 0.15) is 6.04 Å². The molecule has 2 aromatic rings. The average molecular weight is 418 g/mol. The molecule has 5 rings (SSSR count). The third kappa shape index (κ3) is 3.40. The van der Waals surface area contributed by atoms with Crippen molar-refractivity contribution in [1.82, 2.24) is 9.80 Å². The molecule has 2 aromatic carbocycles. The summed E-state index contributed by atoms with van der Waals surface area (Å²) in [5.41, 5.74) is 2.10. The van der Waals surface area contributed by atoms with Crippen LogP contribution in [0.25, 0.3) is 0 Å². The molecule has 0 radical (unpaired) electrons. The summed E-state index contributed by atoms with van der Waals surface area (Å²) < 4.78 is 5.70. The van der Waals surface area contributed by atoms with Gasteiger partial charge in [-0.1, -0.05) is 42.5 Å². The number of benzene rings is 2. The molecule has 160 valence electrons. The maximum Gasteiger partial charge on any atom is 0.339 e. The lowest BCUT2D eigenvalue weighted by Crippen LogP contribution is -2.60. The van der Waals surface area contributed by atoms with Gasteiger partial charge in [-0.25, -0.2) is 4.79 Å². The lowest BCUT2D eigenvalue weighted by molar-refractivity contribution is -0.160. The largest absolute Gasteiger partial charge is 0.445 e. The molecule has 0 aromatic heterocycles. The Hall–Kier alpha value is -3.15. The first-order valence-electron chi connectivity index (χ1n) is 10.9. The van der Waals surface area contributed by atoms with Crippen LogP contribution in [-0.2, 0) is 33.7 Å². The van der Waals surface area contributed by atoms with E-state index in [0.29, 0.717) is 24.9 Å². The predicted molar refractivity (Wildman–Crippen MR) is 114 cm³/mol. The summed E-state index contributed by atoms with van der Waals surface area (Å²) in [6, 6.07) is 14.6. The Labute approximate surface area is 181 Å². The molecule has 6 nitrogen and oxygen atoms in total. The molecule has 3 aliphatic rings. The van der Waals surface area contributed by atoms with Crippen LogP contribution in [0.3, 0.4) is 0 Å². The Morgan fingerprint density at radius 1 is 0.968 bits per heavy atom. The minimum Gasteiger partial charge on any atom is -0.445 e. The number of likely N-dealkylation sites (tertiary alicyclic amines) is 1. The number of hydrogen-bond donors (Lipinski definition) is 0. The third-order valence-electron chi connectivity index (χ3n) is 6.75. The molecule has 0 bridgehead atoms. The summed E-state index contributed by atoms with van der Waals surface area (Å²) in [7, 11) is 0. The van der Waals surface area contributed by atoms with Gasteiger partial charge in [-0.15, -0.1) is 0 Å². The highest BCUT2D eigenvalue weighted by Crippen LogP contribution is 2.33. The third-order valence-corrected chi connectivity index (χ3v) is 6.75. The van der Waals surface area contributed by atoms with Gasteiger partial charge in [0, 0.05) is 32.5 Å². The van der Waals surface area contributed by atoms with Gasteiger partial charge in [-0.05, 0) is 42.5 Å². The second-order valence-electron chi connectivity index (χ2n) is 8.91. The van der Waals surface area contributed by atoms with Gasteiger partial charge in [0.05, 0.1) is 5.56 Å². The van der Waals surface area contributed by atoms with Gasteiger partial charge >= 0.3 is 5.97 Å². The average Bonchev–Trinajstić information content (AvgIpc) is 3.32. The van der Waals surface area contributed by atoms with Gasteiger partial charge in [-0.3, -0.25) is 9.59 Å². The van der Waals surface area contributed by atoms with E-state index >= 15 is 0 Å². The molecule has 2 atom stereocenters. The zero-order valence-corrected chi connectivity index (χ0v) is 17.7. The molecule has 2 amide bonds. The number of cyclic esters (lactones) is 1. The Kier molecular flexibility index (Phi) is 4.80. The van der Waals surface area contributed by atoms with Gasteiger partial charge in [-0.2, -0.15) is 0 Å². The standard InChI is InChI=1S/C25H26N2O4/c1-25(15-18-9-4-5-11-20(18)23(29)31-25)24(30)27-16-19-10-3-2-8-17(19)14-21(27)22(28)26-12-6-7-13-26/h2-5,8-11,21H,6-7,12-16H2,1H3. The van der Waals surface area contributed by atoms with Crippen molar-refractivity contribution in [2.24, 2.45) is 0 Å². The summed E-state index contributed by atoms with van der Waals surface area (Å²) in [6.45, 7) is 3.48. The summed E-state index contributed by atoms with van der Waals surface area (Å²) in [5.74, 6) is -0.800. The van der Waals surface area contributed by atoms with E-state index < -0.39 is 17.6 Å². The van der Waals surface area contributed by atoms with Crippen molar-refractivity contribution < 1.29 is 19.1 Å². The Morgan fingerprint density at radius 3 is 2.35 bits per heavy atom. The van der Waals surface area contributed by atoms with Gasteiger partial charge < -0.3 is 14.5 Å². The predicted octanol–water partition coefficient (Wildman–Crippen LogP) is 2.73. The number of rotatable bonds is 2. The van der Waals surface area contributed by atoms with E-state index in [-0.39, 0.29) is 11.8 Å². The monoisotopic (exact) mass is 418 g/mol. The van der Waals surface area contributed by atoms with Crippen molar-refractivity contribution in [2.45, 2.75) is 50.8 Å². The number of nitrogens with zero attached hydrogens (tertiary/aromatic N) is 2. The highest BCUT2D eigenvalue weighted by molar-refractivity contribution is 5.99. The van der Waals surface area contributed by atoms with Gasteiger partial charge in [0.25, 0.3) is 5.91 Å². The van der Waals surface area contributed by atoms with Crippen molar-refractivity contribution in [2.75, 3.05) is 13.1 Å². The molecule has 0 N–H and O–H groups in total. The van der Waals surface area contributed by atoms with Crippen LogP contribution in [0.1, 0.15) is 46.8 Å². The summed E-state index contributed by atoms with van der Waals surface area (Å²) >= 11 is 0. The number of ether oxygens (including phenoxy) is 1. The van der Waals surface area contributed by atoms with Crippen molar-refractivity contribution in [3.63, 3.8) is 0 Å². The zero-order valence-electron chi connectivity index (χ0n) is 17.7. The minimum absolute atomic E-state index is 0.00788. The van der Waals surface area contributed by atoms with Crippen molar-refractivity contribution in [3.05, 3.63) is 70.8 Å². The second kappa shape index (κ2) is 7.52. The molecular formula is C25H26N2O4. The fourth-order valence-electron chi connectivity index (χ4n) is 5.06. The smallest absolute Gasteiger partial charge is 0.339 e. The fourth-order valence-corrected chi connectivity index (χ4v) is 5.06. The van der Waals surface area contributed by atoms with E-state index in [9.17, 15) is 14.4 Å². The first kappa shape index (κ1) is 19.8. The first-order valence-corrected chi connectivity index (χ1v) is 10.9. The van der Waals surface area contributed by atoms with E-state index in [4.69, 9.17) is 4.74 Å². The van der Waals surface area contributed by atoms with Crippen LogP contribution >= 0.6 is 0 Å². The summed E-state index contributed by atoms with van der Waals surface area (Å²) in [5, 5.41) is 0. The van der Waals surface area contributed by atoms with Crippen LogP contribution in [0.5, 0.6) is 0 Å². The van der Waals surface area contributed by atoms with Crippen LogP contribution in [0.4, 0.5) is 0 Å². The summed E-state index contributed by atoms with van der Waals surface area (Å²) in [4.78, 5) is 43.4. The quantitative estimate of drug-likeness (QED) is 0.704. The number of esters is 1. The fraction of sp³-hybridized carbons (Fsp3) is 0.400. The topological polar surface area (TPSA) is 66.9 Å². The molecule has 0 spiro atoms. The normalized spacial score (nSPS) is 24.9. The Balaban J connectivity index is 1.49. The maximum atomic E-state index is 13.8. The van der Waals surface area contributed by atoms with Crippen LogP contribution in [0.2, 0.25) is 0 Å². The van der Waals surface area contributed by atoms with Crippen molar-refractivity contribution in [3.8, 4) is 0 Å². The molecule has 3 aliphatic heterocycles. The molecule has 31 heavy (non-hydrogen) atoms. The minimum atomic E-state index is -1.33. The number of carbonyl (C=O) groups excluding carboxylic acids is 3. The van der Waals surface area contributed by atoms with Gasteiger partial charge in [0.2, 0.25) is 5.91 Å². The van der Waals surface area contributed by atoms with E-state index in [0.717, 1.165) is 42.6 Å². The van der Waals surface area contributed by atoms with E-state index in [1.165, 1.54) is 0 Å². The van der Waals surface area contributed by atoms with Gasteiger partial charge in [0.15, 0.2) is 5.60 Å². The van der Waals surface area contributed by atoms with Crippen molar-refractivity contribution in [1.29, 1.82) is 0 Å².